The summed E-state index contributed by atoms with van der Waals surface area (Å²) in [5.41, 5.74) is 0. The van der Waals surface area contributed by atoms with Gasteiger partial charge in [-0.1, -0.05) is 0 Å². The summed E-state index contributed by atoms with van der Waals surface area (Å²) in [5.74, 6) is 0. The Bertz CT molecular complexity index is 255. The molecular formula is C7H14N4NaO4+. The van der Waals surface area contributed by atoms with Crippen molar-refractivity contribution in [1.82, 2.24) is 9.91 Å². The first-order chi connectivity index (χ1) is 7.19. The van der Waals surface area contributed by atoms with Crippen molar-refractivity contribution in [2.75, 3.05) is 32.8 Å². The van der Waals surface area contributed by atoms with E-state index in [1.807, 2.05) is 0 Å². The monoisotopic (exact) mass is 241 g/mol. The Morgan fingerprint density at radius 1 is 1.50 bits per heavy atom. The van der Waals surface area contributed by atoms with Crippen LogP contribution in [-0.2, 0) is 4.74 Å². The first kappa shape index (κ1) is 15.3. The van der Waals surface area contributed by atoms with Gasteiger partial charge in [-0.05, 0) is 6.92 Å². The molecule has 0 aliphatic carbocycles. The fraction of sp³-hybridized carbons (Fsp3) is 0.857. The number of carbonyl (C=O) groups is 1. The molecule has 0 aromatic heterocycles. The maximum Gasteiger partial charge on any atom is 1.00 e. The number of hydrogen-bond donors (Lipinski definition) is 1. The van der Waals surface area contributed by atoms with Crippen LogP contribution < -0.4 is 29.6 Å². The fourth-order valence-corrected chi connectivity index (χ4v) is 1.32. The van der Waals surface area contributed by atoms with Crippen molar-refractivity contribution in [3.63, 3.8) is 0 Å². The van der Waals surface area contributed by atoms with Crippen LogP contribution in [0.15, 0.2) is 5.28 Å². The van der Waals surface area contributed by atoms with Gasteiger partial charge in [0.25, 0.3) is 0 Å². The van der Waals surface area contributed by atoms with Gasteiger partial charge in [-0.2, -0.15) is 0 Å². The number of piperazine rings is 1. The van der Waals surface area contributed by atoms with Gasteiger partial charge in [0, 0.05) is 13.1 Å². The maximum atomic E-state index is 11.3. The smallest absolute Gasteiger partial charge is 0.569 e. The predicted molar refractivity (Wildman–Crippen MR) is 48.0 cm³/mol. The van der Waals surface area contributed by atoms with Gasteiger partial charge in [-0.25, -0.2) is 4.79 Å². The molecule has 1 fully saturated rings. The zero-order valence-electron chi connectivity index (χ0n) is 9.50. The normalized spacial score (nSPS) is 16.7. The second kappa shape index (κ2) is 7.53. The average Bonchev–Trinajstić information content (AvgIpc) is 2.28. The standard InChI is InChI=1S/C7H14N4O4.Na/c1-2-15-7(12)9-3-5-10(6-4-9)11(14)8-13;/h13H,2-6H2,1H3;/q;+1. The summed E-state index contributed by atoms with van der Waals surface area (Å²) in [5, 5.41) is 22.9. The molecule has 1 N–H and O–H groups in total. The largest absolute Gasteiger partial charge is 1.00 e. The van der Waals surface area contributed by atoms with Crippen LogP contribution in [0.2, 0.25) is 0 Å². The van der Waals surface area contributed by atoms with Crippen molar-refractivity contribution in [2.24, 2.45) is 5.28 Å². The number of rotatable bonds is 2. The first-order valence-corrected chi connectivity index (χ1v) is 4.68. The van der Waals surface area contributed by atoms with Crippen LogP contribution in [0.5, 0.6) is 0 Å². The zero-order chi connectivity index (χ0) is 11.3. The molecule has 8 nitrogen and oxygen atoms in total. The number of hydrogen-bond acceptors (Lipinski definition) is 4. The van der Waals surface area contributed by atoms with Crippen LogP contribution >= 0.6 is 0 Å². The third-order valence-corrected chi connectivity index (χ3v) is 2.10. The van der Waals surface area contributed by atoms with Crippen LogP contribution in [0.4, 0.5) is 4.79 Å². The van der Waals surface area contributed by atoms with E-state index >= 15 is 0 Å². The van der Waals surface area contributed by atoms with Crippen molar-refractivity contribution in [1.29, 1.82) is 0 Å². The Morgan fingerprint density at radius 2 is 2.06 bits per heavy atom. The predicted octanol–water partition coefficient (Wildman–Crippen LogP) is -2.97. The number of ether oxygens (including phenoxy) is 1. The average molecular weight is 241 g/mol. The van der Waals surface area contributed by atoms with E-state index in [0.29, 0.717) is 32.8 Å². The van der Waals surface area contributed by atoms with E-state index < -0.39 is 0 Å². The van der Waals surface area contributed by atoms with Crippen LogP contribution in [0, 0.1) is 5.21 Å². The molecule has 0 saturated carbocycles. The van der Waals surface area contributed by atoms with Gasteiger partial charge in [-0.3, -0.25) is 0 Å². The summed E-state index contributed by atoms with van der Waals surface area (Å²) in [6.07, 6.45) is -0.379. The molecule has 0 unspecified atom stereocenters. The van der Waals surface area contributed by atoms with Crippen LogP contribution in [0.25, 0.3) is 0 Å². The molecular weight excluding hydrogens is 227 g/mol. The summed E-state index contributed by atoms with van der Waals surface area (Å²) in [6.45, 7) is 3.48. The van der Waals surface area contributed by atoms with Gasteiger partial charge in [0.2, 0.25) is 5.28 Å². The molecule has 0 radical (unpaired) electrons. The van der Waals surface area contributed by atoms with Gasteiger partial charge in [0.1, 0.15) is 0 Å². The van der Waals surface area contributed by atoms with Crippen molar-refractivity contribution < 1.29 is 49.3 Å². The molecule has 86 valence electrons. The van der Waals surface area contributed by atoms with E-state index in [9.17, 15) is 10.0 Å². The van der Waals surface area contributed by atoms with E-state index in [-0.39, 0.29) is 40.6 Å². The minimum atomic E-state index is -0.379. The molecule has 9 heteroatoms. The summed E-state index contributed by atoms with van der Waals surface area (Å²) in [7, 11) is 0. The molecule has 0 spiro atoms. The van der Waals surface area contributed by atoms with E-state index in [1.165, 1.54) is 9.91 Å². The third kappa shape index (κ3) is 4.03. The molecule has 1 amide bonds. The summed E-state index contributed by atoms with van der Waals surface area (Å²) in [4.78, 5) is 12.9. The van der Waals surface area contributed by atoms with Crippen molar-refractivity contribution in [3.05, 3.63) is 5.21 Å². The Kier molecular flexibility index (Phi) is 7.18. The minimum absolute atomic E-state index is 0. The number of hydrazine groups is 1. The molecule has 0 aromatic carbocycles. The number of amides is 1. The van der Waals surface area contributed by atoms with Gasteiger partial charge >= 0.3 is 35.7 Å². The Hall–Kier alpha value is -0.730. The van der Waals surface area contributed by atoms with Gasteiger partial charge in [0.15, 0.2) is 0 Å². The SMILES string of the molecule is CCOC(=O)N1CCN([N+]([O-])=NO)CC1.[Na+]. The van der Waals surface area contributed by atoms with E-state index in [1.54, 1.807) is 6.92 Å². The Labute approximate surface area is 115 Å². The van der Waals surface area contributed by atoms with E-state index in [4.69, 9.17) is 9.94 Å². The molecule has 1 saturated heterocycles. The third-order valence-electron chi connectivity index (χ3n) is 2.10. The van der Waals surface area contributed by atoms with Crippen molar-refractivity contribution >= 4 is 6.09 Å². The molecule has 1 rings (SSSR count). The quantitative estimate of drug-likeness (QED) is 0.241. The molecule has 0 atom stereocenters. The minimum Gasteiger partial charge on any atom is -0.569 e. The van der Waals surface area contributed by atoms with Crippen molar-refractivity contribution in [3.8, 4) is 0 Å². The Morgan fingerprint density at radius 3 is 2.50 bits per heavy atom. The first-order valence-electron chi connectivity index (χ1n) is 4.68. The van der Waals surface area contributed by atoms with Crippen LogP contribution in [0.1, 0.15) is 6.92 Å². The maximum absolute atomic E-state index is 11.3. The van der Waals surface area contributed by atoms with Crippen LogP contribution in [0.3, 0.4) is 0 Å². The van der Waals surface area contributed by atoms with Gasteiger partial charge in [0.05, 0.1) is 24.7 Å². The molecule has 0 bridgehead atoms. The second-order valence-electron chi connectivity index (χ2n) is 2.98. The van der Waals surface area contributed by atoms with Crippen LogP contribution in [-0.4, -0.2) is 59.0 Å². The molecule has 1 aliphatic heterocycles. The molecule has 1 aliphatic rings. The molecule has 1 heterocycles. The topological polar surface area (TPSA) is 91.4 Å². The fourth-order valence-electron chi connectivity index (χ4n) is 1.32. The van der Waals surface area contributed by atoms with E-state index in [0.717, 1.165) is 0 Å². The number of carbonyl (C=O) groups excluding carboxylic acids is 1. The van der Waals surface area contributed by atoms with Gasteiger partial charge < -0.3 is 20.1 Å². The molecule has 0 aromatic rings. The zero-order valence-corrected chi connectivity index (χ0v) is 11.5. The Balaban J connectivity index is 0.00000225. The summed E-state index contributed by atoms with van der Waals surface area (Å²) >= 11 is 0. The summed E-state index contributed by atoms with van der Waals surface area (Å²) in [6, 6.07) is 0. The summed E-state index contributed by atoms with van der Waals surface area (Å²) < 4.78 is 4.81. The van der Waals surface area contributed by atoms with Gasteiger partial charge in [-0.15, -0.1) is 5.01 Å². The number of nitrogens with zero attached hydrogens (tertiary/aromatic N) is 4. The van der Waals surface area contributed by atoms with E-state index in [2.05, 4.69) is 5.28 Å². The second-order valence-corrected chi connectivity index (χ2v) is 2.98. The van der Waals surface area contributed by atoms with Crippen molar-refractivity contribution in [2.45, 2.75) is 6.92 Å². The molecule has 16 heavy (non-hydrogen) atoms.